The highest BCUT2D eigenvalue weighted by Gasteiger charge is 2.22. The number of rotatable bonds is 11. The van der Waals surface area contributed by atoms with Crippen LogP contribution < -0.4 is 18.9 Å². The van der Waals surface area contributed by atoms with Gasteiger partial charge < -0.3 is 19.1 Å². The van der Waals surface area contributed by atoms with Crippen LogP contribution in [-0.4, -0.2) is 51.7 Å². The van der Waals surface area contributed by atoms with Crippen LogP contribution in [-0.2, 0) is 10.0 Å². The molecule has 1 N–H and O–H groups in total. The predicted octanol–water partition coefficient (Wildman–Crippen LogP) is 7.27. The molecule has 1 saturated heterocycles. The van der Waals surface area contributed by atoms with Crippen LogP contribution in [0.1, 0.15) is 26.2 Å². The van der Waals surface area contributed by atoms with Gasteiger partial charge in [-0.2, -0.15) is 0 Å². The zero-order valence-corrected chi connectivity index (χ0v) is 25.4. The molecule has 1 aliphatic heterocycles. The van der Waals surface area contributed by atoms with Crippen LogP contribution in [0.2, 0.25) is 5.02 Å². The largest absolute Gasteiger partial charge is 0.493 e. The predicted molar refractivity (Wildman–Crippen MR) is 162 cm³/mol. The fourth-order valence-electron chi connectivity index (χ4n) is 4.90. The van der Waals surface area contributed by atoms with Crippen molar-refractivity contribution >= 4 is 38.2 Å². The van der Waals surface area contributed by atoms with E-state index in [0.717, 1.165) is 44.1 Å². The SMILES string of the molecule is COc1cc2c(Oc3ccc(Cl)c(NS(=O)(=O)c4cc(F)ccc4F)c3)ccnc2cc1OCCCN1CCC(C)CC1. The third-order valence-electron chi connectivity index (χ3n) is 7.33. The molecular formula is C31H32ClF2N3O5S. The van der Waals surface area contributed by atoms with Crippen molar-refractivity contribution in [1.29, 1.82) is 0 Å². The summed E-state index contributed by atoms with van der Waals surface area (Å²) in [6.07, 6.45) is 4.94. The van der Waals surface area contributed by atoms with E-state index in [2.05, 4.69) is 21.5 Å². The number of hydrogen-bond donors (Lipinski definition) is 1. The number of aromatic nitrogens is 1. The van der Waals surface area contributed by atoms with E-state index in [1.54, 1.807) is 37.6 Å². The molecule has 0 amide bonds. The van der Waals surface area contributed by atoms with Gasteiger partial charge in [-0.05, 0) is 80.7 Å². The van der Waals surface area contributed by atoms with Crippen molar-refractivity contribution in [3.63, 3.8) is 0 Å². The number of nitrogens with one attached hydrogen (secondary N) is 1. The van der Waals surface area contributed by atoms with E-state index in [-0.39, 0.29) is 16.5 Å². The minimum Gasteiger partial charge on any atom is -0.493 e. The number of piperidine rings is 1. The normalized spacial score (nSPS) is 14.5. The van der Waals surface area contributed by atoms with Crippen LogP contribution in [0.3, 0.4) is 0 Å². The zero-order valence-electron chi connectivity index (χ0n) is 23.8. The Hall–Kier alpha value is -3.67. The molecule has 8 nitrogen and oxygen atoms in total. The molecule has 0 radical (unpaired) electrons. The lowest BCUT2D eigenvalue weighted by atomic mass is 9.99. The highest BCUT2D eigenvalue weighted by molar-refractivity contribution is 7.92. The molecule has 0 spiro atoms. The summed E-state index contributed by atoms with van der Waals surface area (Å²) < 4.78 is 73.4. The number of anilines is 1. The molecule has 0 bridgehead atoms. The van der Waals surface area contributed by atoms with Crippen LogP contribution >= 0.6 is 11.6 Å². The lowest BCUT2D eigenvalue weighted by Crippen LogP contribution is -2.34. The van der Waals surface area contributed by atoms with E-state index in [0.29, 0.717) is 40.8 Å². The number of sulfonamides is 1. The average molecular weight is 632 g/mol. The van der Waals surface area contributed by atoms with Crippen molar-refractivity contribution in [2.75, 3.05) is 38.1 Å². The molecular weight excluding hydrogens is 600 g/mol. The first-order valence-electron chi connectivity index (χ1n) is 13.9. The average Bonchev–Trinajstić information content (AvgIpc) is 2.98. The van der Waals surface area contributed by atoms with Crippen molar-refractivity contribution in [3.8, 4) is 23.0 Å². The van der Waals surface area contributed by atoms with E-state index in [1.807, 2.05) is 0 Å². The topological polar surface area (TPSA) is 90.0 Å². The molecule has 1 aliphatic rings. The molecule has 0 saturated carbocycles. The minimum atomic E-state index is -4.49. The van der Waals surface area contributed by atoms with Crippen molar-refractivity contribution < 1.29 is 31.4 Å². The molecule has 4 aromatic rings. The number of methoxy groups -OCH3 is 1. The fourth-order valence-corrected chi connectivity index (χ4v) is 6.28. The molecule has 0 atom stereocenters. The van der Waals surface area contributed by atoms with Gasteiger partial charge in [0, 0.05) is 30.3 Å². The van der Waals surface area contributed by atoms with Crippen molar-refractivity contribution in [3.05, 3.63) is 77.5 Å². The summed E-state index contributed by atoms with van der Waals surface area (Å²) in [6.45, 7) is 6.07. The summed E-state index contributed by atoms with van der Waals surface area (Å²) in [6, 6.07) is 11.7. The fraction of sp³-hybridized carbons (Fsp3) is 0.323. The highest BCUT2D eigenvalue weighted by Crippen LogP contribution is 2.38. The molecule has 3 aromatic carbocycles. The maximum absolute atomic E-state index is 14.2. The molecule has 2 heterocycles. The van der Waals surface area contributed by atoms with E-state index in [1.165, 1.54) is 25.0 Å². The Morgan fingerprint density at radius 2 is 1.81 bits per heavy atom. The molecule has 1 fully saturated rings. The summed E-state index contributed by atoms with van der Waals surface area (Å²) in [5.41, 5.74) is 0.531. The van der Waals surface area contributed by atoms with E-state index in [9.17, 15) is 17.2 Å². The molecule has 5 rings (SSSR count). The first-order chi connectivity index (χ1) is 20.6. The second-order valence-corrected chi connectivity index (χ2v) is 12.5. The van der Waals surface area contributed by atoms with Crippen LogP contribution in [0.4, 0.5) is 14.5 Å². The van der Waals surface area contributed by atoms with Crippen LogP contribution in [0.15, 0.2) is 65.7 Å². The molecule has 12 heteroatoms. The van der Waals surface area contributed by atoms with Gasteiger partial charge in [0.1, 0.15) is 28.0 Å². The van der Waals surface area contributed by atoms with E-state index in [4.69, 9.17) is 25.8 Å². The van der Waals surface area contributed by atoms with Gasteiger partial charge in [-0.25, -0.2) is 17.2 Å². The standard InChI is InChI=1S/C31H32ClF2N3O5S/c1-20-9-13-37(14-10-20)12-3-15-41-30-19-26-23(18-29(30)40-2)28(8-11-35-26)42-22-5-6-24(32)27(17-22)36-43(38,39)31-16-21(33)4-7-25(31)34/h4-8,11,16-20,36H,3,9-10,12-15H2,1-2H3. The summed E-state index contributed by atoms with van der Waals surface area (Å²) in [5.74, 6) is 0.531. The second-order valence-electron chi connectivity index (χ2n) is 10.5. The quantitative estimate of drug-likeness (QED) is 0.174. The highest BCUT2D eigenvalue weighted by atomic mass is 35.5. The Morgan fingerprint density at radius 3 is 2.58 bits per heavy atom. The third kappa shape index (κ3) is 7.46. The van der Waals surface area contributed by atoms with E-state index >= 15 is 0 Å². The number of ether oxygens (including phenoxy) is 3. The van der Waals surface area contributed by atoms with Crippen molar-refractivity contribution in [2.24, 2.45) is 5.92 Å². The minimum absolute atomic E-state index is 0.0330. The summed E-state index contributed by atoms with van der Waals surface area (Å²) >= 11 is 6.22. The maximum Gasteiger partial charge on any atom is 0.264 e. The number of hydrogen-bond acceptors (Lipinski definition) is 7. The molecule has 43 heavy (non-hydrogen) atoms. The first kappa shape index (κ1) is 30.8. The third-order valence-corrected chi connectivity index (χ3v) is 9.04. The lowest BCUT2D eigenvalue weighted by molar-refractivity contribution is 0.176. The Balaban J connectivity index is 1.32. The second kappa shape index (κ2) is 13.3. The number of nitrogens with zero attached hydrogens (tertiary/aromatic N) is 2. The zero-order chi connectivity index (χ0) is 30.6. The number of benzene rings is 3. The Bertz CT molecular complexity index is 1720. The summed E-state index contributed by atoms with van der Waals surface area (Å²) in [7, 11) is -2.94. The number of likely N-dealkylation sites (tertiary alicyclic amines) is 1. The molecule has 0 unspecified atom stereocenters. The van der Waals surface area contributed by atoms with Crippen molar-refractivity contribution in [2.45, 2.75) is 31.1 Å². The van der Waals surface area contributed by atoms with Gasteiger partial charge in [-0.3, -0.25) is 9.71 Å². The number of pyridine rings is 1. The lowest BCUT2D eigenvalue weighted by Gasteiger charge is -2.30. The molecule has 228 valence electrons. The van der Waals surface area contributed by atoms with Gasteiger partial charge in [0.15, 0.2) is 11.5 Å². The number of halogens is 3. The van der Waals surface area contributed by atoms with Crippen LogP contribution in [0.5, 0.6) is 23.0 Å². The molecule has 1 aromatic heterocycles. The monoisotopic (exact) mass is 631 g/mol. The van der Waals surface area contributed by atoms with Gasteiger partial charge in [0.05, 0.1) is 29.9 Å². The van der Waals surface area contributed by atoms with Crippen molar-refractivity contribution in [1.82, 2.24) is 9.88 Å². The van der Waals surface area contributed by atoms with Gasteiger partial charge in [0.25, 0.3) is 10.0 Å². The van der Waals surface area contributed by atoms with E-state index < -0.39 is 26.6 Å². The van der Waals surface area contributed by atoms with Crippen LogP contribution in [0, 0.1) is 17.6 Å². The Kier molecular flexibility index (Phi) is 9.53. The Labute approximate surface area is 254 Å². The van der Waals surface area contributed by atoms with Gasteiger partial charge in [-0.15, -0.1) is 0 Å². The number of fused-ring (bicyclic) bond motifs is 1. The summed E-state index contributed by atoms with van der Waals surface area (Å²) in [4.78, 5) is 6.08. The summed E-state index contributed by atoms with van der Waals surface area (Å²) in [5, 5.41) is 0.665. The van der Waals surface area contributed by atoms with Gasteiger partial charge in [0.2, 0.25) is 0 Å². The van der Waals surface area contributed by atoms with Gasteiger partial charge >= 0.3 is 0 Å². The first-order valence-corrected chi connectivity index (χ1v) is 15.8. The van der Waals surface area contributed by atoms with Crippen LogP contribution in [0.25, 0.3) is 10.9 Å². The maximum atomic E-state index is 14.2. The smallest absolute Gasteiger partial charge is 0.264 e. The Morgan fingerprint density at radius 1 is 1.02 bits per heavy atom. The van der Waals surface area contributed by atoms with Gasteiger partial charge in [-0.1, -0.05) is 18.5 Å². The molecule has 0 aliphatic carbocycles.